The third-order valence-corrected chi connectivity index (χ3v) is 2.74. The van der Waals surface area contributed by atoms with Crippen LogP contribution < -0.4 is 10.9 Å². The largest absolute Gasteiger partial charge is 0.253 e. The summed E-state index contributed by atoms with van der Waals surface area (Å²) in [6.07, 6.45) is 11.4. The Balaban J connectivity index is 2.06. The summed E-state index contributed by atoms with van der Waals surface area (Å²) < 4.78 is 0. The lowest BCUT2D eigenvalue weighted by atomic mass is 9.81. The molecular weight excluding hydrogens is 136 g/mol. The molecule has 1 fully saturated rings. The van der Waals surface area contributed by atoms with E-state index in [0.717, 1.165) is 6.54 Å². The Labute approximate surface area is 68.0 Å². The highest BCUT2D eigenvalue weighted by Crippen LogP contribution is 2.29. The van der Waals surface area contributed by atoms with Crippen LogP contribution in [0.1, 0.15) is 32.1 Å². The standard InChI is InChI=1S/C9H16N2/c1-2-5-9(6-3-1)7-4-8-10-11-9/h4,7,10-11H,1-3,5-6,8H2. The third kappa shape index (κ3) is 1.47. The van der Waals surface area contributed by atoms with E-state index in [-0.39, 0.29) is 0 Å². The van der Waals surface area contributed by atoms with Gasteiger partial charge < -0.3 is 0 Å². The van der Waals surface area contributed by atoms with Crippen LogP contribution in [0, 0.1) is 0 Å². The maximum absolute atomic E-state index is 3.40. The number of hydrogen-bond acceptors (Lipinski definition) is 2. The number of hydrazine groups is 1. The number of rotatable bonds is 0. The molecule has 1 heterocycles. The van der Waals surface area contributed by atoms with Gasteiger partial charge in [0.05, 0.1) is 5.54 Å². The molecule has 2 aliphatic rings. The average molecular weight is 152 g/mol. The quantitative estimate of drug-likeness (QED) is 0.512. The predicted molar refractivity (Wildman–Crippen MR) is 46.1 cm³/mol. The summed E-state index contributed by atoms with van der Waals surface area (Å²) in [4.78, 5) is 0. The van der Waals surface area contributed by atoms with Gasteiger partial charge >= 0.3 is 0 Å². The molecule has 0 saturated heterocycles. The van der Waals surface area contributed by atoms with Gasteiger partial charge in [-0.05, 0) is 12.8 Å². The van der Waals surface area contributed by atoms with Crippen molar-refractivity contribution < 1.29 is 0 Å². The minimum absolute atomic E-state index is 0.316. The van der Waals surface area contributed by atoms with E-state index in [0.29, 0.717) is 5.54 Å². The molecular formula is C9H16N2. The summed E-state index contributed by atoms with van der Waals surface area (Å²) >= 11 is 0. The van der Waals surface area contributed by atoms with Crippen LogP contribution in [0.3, 0.4) is 0 Å². The fourth-order valence-corrected chi connectivity index (χ4v) is 2.09. The molecule has 62 valence electrons. The molecule has 0 unspecified atom stereocenters. The number of hydrogen-bond donors (Lipinski definition) is 2. The predicted octanol–water partition coefficient (Wildman–Crippen LogP) is 1.35. The molecule has 1 spiro atoms. The van der Waals surface area contributed by atoms with Crippen LogP contribution in [0.2, 0.25) is 0 Å². The Morgan fingerprint density at radius 3 is 2.55 bits per heavy atom. The lowest BCUT2D eigenvalue weighted by molar-refractivity contribution is 0.251. The Morgan fingerprint density at radius 1 is 1.09 bits per heavy atom. The topological polar surface area (TPSA) is 24.1 Å². The molecule has 0 atom stereocenters. The Morgan fingerprint density at radius 2 is 1.91 bits per heavy atom. The monoisotopic (exact) mass is 152 g/mol. The molecule has 2 rings (SSSR count). The molecule has 0 bridgehead atoms. The van der Waals surface area contributed by atoms with E-state index in [9.17, 15) is 0 Å². The second kappa shape index (κ2) is 2.95. The summed E-state index contributed by atoms with van der Waals surface area (Å²) in [6, 6.07) is 0. The molecule has 0 amide bonds. The van der Waals surface area contributed by atoms with Crippen molar-refractivity contribution in [2.24, 2.45) is 0 Å². The summed E-state index contributed by atoms with van der Waals surface area (Å²) in [5, 5.41) is 0. The first-order valence-electron chi connectivity index (χ1n) is 4.59. The molecule has 0 aromatic carbocycles. The van der Waals surface area contributed by atoms with Gasteiger partial charge in [-0.25, -0.2) is 5.43 Å². The zero-order valence-corrected chi connectivity index (χ0v) is 6.90. The third-order valence-electron chi connectivity index (χ3n) is 2.74. The van der Waals surface area contributed by atoms with Gasteiger partial charge in [-0.3, -0.25) is 5.43 Å². The van der Waals surface area contributed by atoms with Crippen molar-refractivity contribution in [3.63, 3.8) is 0 Å². The highest BCUT2D eigenvalue weighted by molar-refractivity contribution is 5.10. The van der Waals surface area contributed by atoms with Gasteiger partial charge in [0.15, 0.2) is 0 Å². The van der Waals surface area contributed by atoms with Gasteiger partial charge in [-0.15, -0.1) is 0 Å². The zero-order chi connectivity index (χ0) is 7.57. The van der Waals surface area contributed by atoms with Gasteiger partial charge in [0, 0.05) is 6.54 Å². The van der Waals surface area contributed by atoms with E-state index in [2.05, 4.69) is 23.0 Å². The van der Waals surface area contributed by atoms with Gasteiger partial charge in [0.25, 0.3) is 0 Å². The molecule has 2 N–H and O–H groups in total. The first-order chi connectivity index (χ1) is 5.41. The van der Waals surface area contributed by atoms with Crippen molar-refractivity contribution >= 4 is 0 Å². The highest BCUT2D eigenvalue weighted by Gasteiger charge is 2.29. The molecule has 1 saturated carbocycles. The fourth-order valence-electron chi connectivity index (χ4n) is 2.09. The SMILES string of the molecule is C1=CC2(CCCCC2)NNC1. The maximum Gasteiger partial charge on any atom is 0.0503 e. The first-order valence-corrected chi connectivity index (χ1v) is 4.59. The molecule has 1 aliphatic carbocycles. The van der Waals surface area contributed by atoms with Crippen LogP contribution in [0.15, 0.2) is 12.2 Å². The second-order valence-electron chi connectivity index (χ2n) is 3.63. The first kappa shape index (κ1) is 7.32. The smallest absolute Gasteiger partial charge is 0.0503 e. The summed E-state index contributed by atoms with van der Waals surface area (Å²) in [7, 11) is 0. The molecule has 2 nitrogen and oxygen atoms in total. The zero-order valence-electron chi connectivity index (χ0n) is 6.90. The number of nitrogens with one attached hydrogen (secondary N) is 2. The van der Waals surface area contributed by atoms with Gasteiger partial charge in [0.1, 0.15) is 0 Å². The highest BCUT2D eigenvalue weighted by atomic mass is 15.4. The van der Waals surface area contributed by atoms with Crippen LogP contribution in [0.25, 0.3) is 0 Å². The molecule has 0 radical (unpaired) electrons. The van der Waals surface area contributed by atoms with Crippen molar-refractivity contribution in [3.8, 4) is 0 Å². The second-order valence-corrected chi connectivity index (χ2v) is 3.63. The van der Waals surface area contributed by atoms with E-state index in [1.807, 2.05) is 0 Å². The van der Waals surface area contributed by atoms with Crippen molar-refractivity contribution in [1.29, 1.82) is 0 Å². The van der Waals surface area contributed by atoms with E-state index in [1.54, 1.807) is 0 Å². The average Bonchev–Trinajstić information content (AvgIpc) is 2.07. The minimum Gasteiger partial charge on any atom is -0.253 e. The van der Waals surface area contributed by atoms with Crippen LogP contribution in [0.5, 0.6) is 0 Å². The van der Waals surface area contributed by atoms with Gasteiger partial charge in [-0.2, -0.15) is 0 Å². The van der Waals surface area contributed by atoms with Crippen molar-refractivity contribution in [3.05, 3.63) is 12.2 Å². The summed E-state index contributed by atoms with van der Waals surface area (Å²) in [6.45, 7) is 0.974. The molecule has 0 aromatic heterocycles. The lowest BCUT2D eigenvalue weighted by Crippen LogP contribution is -2.54. The van der Waals surface area contributed by atoms with Crippen LogP contribution in [-0.2, 0) is 0 Å². The van der Waals surface area contributed by atoms with Gasteiger partial charge in [0.2, 0.25) is 0 Å². The summed E-state index contributed by atoms with van der Waals surface area (Å²) in [5.74, 6) is 0. The summed E-state index contributed by atoms with van der Waals surface area (Å²) in [5.41, 5.74) is 6.92. The normalized spacial score (nSPS) is 29.1. The molecule has 1 aliphatic heterocycles. The Bertz CT molecular complexity index is 157. The van der Waals surface area contributed by atoms with E-state index in [4.69, 9.17) is 0 Å². The Hall–Kier alpha value is -0.340. The lowest BCUT2D eigenvalue weighted by Gasteiger charge is -2.37. The minimum atomic E-state index is 0.316. The molecule has 0 aromatic rings. The van der Waals surface area contributed by atoms with Crippen molar-refractivity contribution in [2.45, 2.75) is 37.6 Å². The van der Waals surface area contributed by atoms with Crippen LogP contribution in [0.4, 0.5) is 0 Å². The van der Waals surface area contributed by atoms with E-state index in [1.165, 1.54) is 32.1 Å². The van der Waals surface area contributed by atoms with Crippen LogP contribution >= 0.6 is 0 Å². The molecule has 11 heavy (non-hydrogen) atoms. The fraction of sp³-hybridized carbons (Fsp3) is 0.778. The van der Waals surface area contributed by atoms with Crippen molar-refractivity contribution in [1.82, 2.24) is 10.9 Å². The molecule has 2 heteroatoms. The Kier molecular flexibility index (Phi) is 1.96. The van der Waals surface area contributed by atoms with Crippen molar-refractivity contribution in [2.75, 3.05) is 6.54 Å². The van der Waals surface area contributed by atoms with Crippen LogP contribution in [-0.4, -0.2) is 12.1 Å². The van der Waals surface area contributed by atoms with E-state index < -0.39 is 0 Å². The van der Waals surface area contributed by atoms with E-state index >= 15 is 0 Å². The maximum atomic E-state index is 3.40. The van der Waals surface area contributed by atoms with Gasteiger partial charge in [-0.1, -0.05) is 31.4 Å².